The van der Waals surface area contributed by atoms with Crippen LogP contribution in [0, 0.1) is 0 Å². The third-order valence-electron chi connectivity index (χ3n) is 4.15. The Morgan fingerprint density at radius 1 is 1.25 bits per heavy atom. The number of pyridine rings is 1. The minimum absolute atomic E-state index is 0.443. The third kappa shape index (κ3) is 3.44. The number of halogens is 1. The van der Waals surface area contributed by atoms with E-state index in [1.807, 2.05) is 30.3 Å². The Morgan fingerprint density at radius 3 is 2.86 bits per heavy atom. The molecule has 28 heavy (non-hydrogen) atoms. The average Bonchev–Trinajstić information content (AvgIpc) is 3.12. The lowest BCUT2D eigenvalue weighted by molar-refractivity contribution is 0.926. The second-order valence-electron chi connectivity index (χ2n) is 5.91. The summed E-state index contributed by atoms with van der Waals surface area (Å²) in [5, 5.41) is 10.5. The van der Waals surface area contributed by atoms with Gasteiger partial charge in [0, 0.05) is 30.6 Å². The molecule has 0 unspecified atom stereocenters. The standard InChI is InChI=1S/C19H14ClN7S/c20-18-13(2-1-3-14(18)21)15-8-17(23-9-12-4-6-22-7-5-12)27-19(26-15)16(10-25-27)24-11-28/h1-8,10,23H,9,21H2. The number of nitrogen functional groups attached to an aromatic ring is 1. The monoisotopic (exact) mass is 407 g/mol. The minimum Gasteiger partial charge on any atom is -0.398 e. The first-order valence-electron chi connectivity index (χ1n) is 8.31. The molecule has 0 bridgehead atoms. The number of nitrogens with two attached hydrogens (primary N) is 1. The molecule has 7 nitrogen and oxygen atoms in total. The van der Waals surface area contributed by atoms with Gasteiger partial charge in [0.2, 0.25) is 0 Å². The fraction of sp³-hybridized carbons (Fsp3) is 0.0526. The molecule has 0 aliphatic carbocycles. The Hall–Kier alpha value is -3.32. The third-order valence-corrected chi connectivity index (χ3v) is 4.66. The van der Waals surface area contributed by atoms with Crippen LogP contribution in [0.1, 0.15) is 5.56 Å². The van der Waals surface area contributed by atoms with Crippen LogP contribution in [0.15, 0.2) is 60.0 Å². The smallest absolute Gasteiger partial charge is 0.184 e. The van der Waals surface area contributed by atoms with Crippen molar-refractivity contribution in [1.82, 2.24) is 19.6 Å². The van der Waals surface area contributed by atoms with E-state index in [4.69, 9.17) is 29.6 Å². The Labute approximate surface area is 170 Å². The van der Waals surface area contributed by atoms with Crippen molar-refractivity contribution in [3.05, 3.63) is 65.6 Å². The molecule has 0 saturated carbocycles. The van der Waals surface area contributed by atoms with E-state index in [0.29, 0.717) is 34.3 Å². The zero-order chi connectivity index (χ0) is 19.5. The molecule has 0 aliphatic rings. The molecule has 4 aromatic rings. The Kier molecular flexibility index (Phi) is 4.99. The number of fused-ring (bicyclic) bond motifs is 1. The lowest BCUT2D eigenvalue weighted by Gasteiger charge is -2.12. The molecule has 9 heteroatoms. The van der Waals surface area contributed by atoms with Crippen LogP contribution < -0.4 is 11.1 Å². The van der Waals surface area contributed by atoms with Crippen LogP contribution in [0.5, 0.6) is 0 Å². The maximum absolute atomic E-state index is 6.41. The highest BCUT2D eigenvalue weighted by atomic mass is 35.5. The summed E-state index contributed by atoms with van der Waals surface area (Å²) in [5.41, 5.74) is 9.93. The van der Waals surface area contributed by atoms with Gasteiger partial charge >= 0.3 is 0 Å². The van der Waals surface area contributed by atoms with E-state index >= 15 is 0 Å². The van der Waals surface area contributed by atoms with Gasteiger partial charge < -0.3 is 11.1 Å². The van der Waals surface area contributed by atoms with E-state index < -0.39 is 0 Å². The highest BCUT2D eigenvalue weighted by molar-refractivity contribution is 7.78. The summed E-state index contributed by atoms with van der Waals surface area (Å²) in [6.45, 7) is 0.581. The SMILES string of the molecule is Nc1cccc(-c2cc(NCc3ccncc3)n3ncc(N=C=S)c3n2)c1Cl. The lowest BCUT2D eigenvalue weighted by atomic mass is 10.1. The van der Waals surface area contributed by atoms with Crippen molar-refractivity contribution < 1.29 is 0 Å². The molecule has 0 fully saturated rings. The number of benzene rings is 1. The largest absolute Gasteiger partial charge is 0.398 e. The van der Waals surface area contributed by atoms with E-state index in [1.54, 1.807) is 29.2 Å². The molecule has 0 amide bonds. The van der Waals surface area contributed by atoms with Crippen LogP contribution >= 0.6 is 23.8 Å². The van der Waals surface area contributed by atoms with Crippen LogP contribution in [-0.2, 0) is 6.54 Å². The molecule has 3 heterocycles. The number of anilines is 2. The van der Waals surface area contributed by atoms with Gasteiger partial charge in [-0.1, -0.05) is 23.7 Å². The molecular formula is C19H14ClN7S. The van der Waals surface area contributed by atoms with Crippen LogP contribution in [0.2, 0.25) is 5.02 Å². The van der Waals surface area contributed by atoms with E-state index in [2.05, 4.69) is 30.5 Å². The molecule has 0 saturated heterocycles. The summed E-state index contributed by atoms with van der Waals surface area (Å²) in [7, 11) is 0. The molecule has 4 rings (SSSR count). The first kappa shape index (κ1) is 18.1. The molecule has 138 valence electrons. The fourth-order valence-electron chi connectivity index (χ4n) is 2.78. The van der Waals surface area contributed by atoms with Crippen molar-refractivity contribution in [2.75, 3.05) is 11.1 Å². The molecule has 3 N–H and O–H groups in total. The predicted octanol–water partition coefficient (Wildman–Crippen LogP) is 4.37. The van der Waals surface area contributed by atoms with Crippen LogP contribution in [0.3, 0.4) is 0 Å². The predicted molar refractivity (Wildman–Crippen MR) is 114 cm³/mol. The Balaban J connectivity index is 1.85. The van der Waals surface area contributed by atoms with Crippen molar-refractivity contribution in [2.24, 2.45) is 4.99 Å². The number of aliphatic imine (C=N–C) groups is 1. The van der Waals surface area contributed by atoms with Gasteiger partial charge in [-0.2, -0.15) is 14.6 Å². The quantitative estimate of drug-likeness (QED) is 0.290. The van der Waals surface area contributed by atoms with Gasteiger partial charge in [0.15, 0.2) is 5.65 Å². The van der Waals surface area contributed by atoms with E-state index in [9.17, 15) is 0 Å². The summed E-state index contributed by atoms with van der Waals surface area (Å²) in [5.74, 6) is 0.723. The highest BCUT2D eigenvalue weighted by Crippen LogP contribution is 2.34. The van der Waals surface area contributed by atoms with E-state index in [-0.39, 0.29) is 0 Å². The zero-order valence-electron chi connectivity index (χ0n) is 14.5. The normalized spacial score (nSPS) is 10.6. The second-order valence-corrected chi connectivity index (χ2v) is 6.47. The molecule has 0 radical (unpaired) electrons. The average molecular weight is 408 g/mol. The summed E-state index contributed by atoms with van der Waals surface area (Å²) in [6.07, 6.45) is 5.08. The molecule has 0 aliphatic heterocycles. The number of nitrogens with one attached hydrogen (secondary N) is 1. The fourth-order valence-corrected chi connectivity index (χ4v) is 3.11. The summed E-state index contributed by atoms with van der Waals surface area (Å²) in [6, 6.07) is 11.2. The minimum atomic E-state index is 0.443. The Morgan fingerprint density at radius 2 is 2.07 bits per heavy atom. The van der Waals surface area contributed by atoms with Crippen LogP contribution in [-0.4, -0.2) is 24.7 Å². The van der Waals surface area contributed by atoms with Gasteiger partial charge in [-0.05, 0) is 36.0 Å². The molecule has 0 spiro atoms. The van der Waals surface area contributed by atoms with Crippen molar-refractivity contribution in [3.63, 3.8) is 0 Å². The van der Waals surface area contributed by atoms with Crippen LogP contribution in [0.25, 0.3) is 16.9 Å². The van der Waals surface area contributed by atoms with Gasteiger partial charge in [0.05, 0.1) is 27.8 Å². The van der Waals surface area contributed by atoms with Crippen LogP contribution in [0.4, 0.5) is 17.2 Å². The summed E-state index contributed by atoms with van der Waals surface area (Å²) in [4.78, 5) is 12.8. The second kappa shape index (κ2) is 7.74. The number of hydrogen-bond donors (Lipinski definition) is 2. The lowest BCUT2D eigenvalue weighted by Crippen LogP contribution is -2.07. The topological polar surface area (TPSA) is 93.5 Å². The Bertz CT molecular complexity index is 1200. The molecule has 1 aromatic carbocycles. The summed E-state index contributed by atoms with van der Waals surface area (Å²) < 4.78 is 1.66. The number of rotatable bonds is 5. The maximum atomic E-state index is 6.41. The number of isothiocyanates is 1. The van der Waals surface area contributed by atoms with Gasteiger partial charge in [-0.3, -0.25) is 4.98 Å². The molecule has 3 aromatic heterocycles. The highest BCUT2D eigenvalue weighted by Gasteiger charge is 2.15. The number of thiocarbonyl (C=S) groups is 1. The number of hydrogen-bond acceptors (Lipinski definition) is 7. The molecular weight excluding hydrogens is 394 g/mol. The van der Waals surface area contributed by atoms with E-state index in [0.717, 1.165) is 16.9 Å². The van der Waals surface area contributed by atoms with E-state index in [1.165, 1.54) is 0 Å². The van der Waals surface area contributed by atoms with Crippen molar-refractivity contribution in [1.29, 1.82) is 0 Å². The van der Waals surface area contributed by atoms with Gasteiger partial charge in [0.1, 0.15) is 11.5 Å². The molecule has 0 atom stereocenters. The number of aromatic nitrogens is 4. The van der Waals surface area contributed by atoms with Gasteiger partial charge in [-0.25, -0.2) is 4.98 Å². The van der Waals surface area contributed by atoms with Crippen molar-refractivity contribution in [2.45, 2.75) is 6.54 Å². The maximum Gasteiger partial charge on any atom is 0.184 e. The number of nitrogens with zero attached hydrogens (tertiary/aromatic N) is 5. The van der Waals surface area contributed by atoms with Crippen molar-refractivity contribution in [3.8, 4) is 11.3 Å². The first-order valence-corrected chi connectivity index (χ1v) is 9.10. The first-order chi connectivity index (χ1) is 13.7. The van der Waals surface area contributed by atoms with Gasteiger partial charge in [-0.15, -0.1) is 0 Å². The summed E-state index contributed by atoms with van der Waals surface area (Å²) >= 11 is 11.1. The zero-order valence-corrected chi connectivity index (χ0v) is 16.1. The van der Waals surface area contributed by atoms with Gasteiger partial charge in [0.25, 0.3) is 0 Å². The van der Waals surface area contributed by atoms with Crippen molar-refractivity contribution >= 4 is 51.8 Å².